The van der Waals surface area contributed by atoms with Crippen LogP contribution in [0.3, 0.4) is 0 Å². The molecule has 1 aromatic carbocycles. The van der Waals surface area contributed by atoms with Gasteiger partial charge in [-0.2, -0.15) is 0 Å². The van der Waals surface area contributed by atoms with E-state index in [4.69, 9.17) is 0 Å². The largest absolute Gasteiger partial charge is 0.356 e. The monoisotopic (exact) mass is 569 g/mol. The number of nitrogens with one attached hydrogen (secondary N) is 2. The number of amides is 1. The summed E-state index contributed by atoms with van der Waals surface area (Å²) < 4.78 is 14.2. The topological polar surface area (TPSA) is 60.0 Å². The van der Waals surface area contributed by atoms with E-state index in [-0.39, 0.29) is 41.7 Å². The predicted octanol–water partition coefficient (Wildman–Crippen LogP) is 2.81. The third kappa shape index (κ3) is 8.20. The standard InChI is InChI=1S/C19H29BrFN5O.HI/c1-14(2)24-18(27)6-7-23-19(22-3)26-10-8-25(9-11-26)13-15-4-5-16(20)17(21)12-15;/h4-5,12,14H,6-11,13H2,1-3H3,(H,22,23)(H,24,27);1H. The molecular weight excluding hydrogens is 540 g/mol. The molecule has 1 aliphatic heterocycles. The minimum Gasteiger partial charge on any atom is -0.356 e. The van der Waals surface area contributed by atoms with E-state index in [9.17, 15) is 9.18 Å². The lowest BCUT2D eigenvalue weighted by Gasteiger charge is -2.36. The van der Waals surface area contributed by atoms with Gasteiger partial charge in [-0.25, -0.2) is 4.39 Å². The van der Waals surface area contributed by atoms with E-state index in [1.165, 1.54) is 0 Å². The molecule has 1 aliphatic rings. The molecule has 158 valence electrons. The number of guanidine groups is 1. The van der Waals surface area contributed by atoms with Gasteiger partial charge in [-0.3, -0.25) is 14.7 Å². The first-order chi connectivity index (χ1) is 12.9. The average Bonchev–Trinajstić information content (AvgIpc) is 2.62. The summed E-state index contributed by atoms with van der Waals surface area (Å²) in [6.07, 6.45) is 0.423. The predicted molar refractivity (Wildman–Crippen MR) is 126 cm³/mol. The number of carbonyl (C=O) groups is 1. The molecule has 0 aliphatic carbocycles. The van der Waals surface area contributed by atoms with Crippen molar-refractivity contribution in [3.05, 3.63) is 34.1 Å². The van der Waals surface area contributed by atoms with Crippen LogP contribution < -0.4 is 10.6 Å². The van der Waals surface area contributed by atoms with Crippen LogP contribution in [0.4, 0.5) is 4.39 Å². The Morgan fingerprint density at radius 2 is 1.96 bits per heavy atom. The summed E-state index contributed by atoms with van der Waals surface area (Å²) in [5, 5.41) is 6.14. The number of hydrogen-bond donors (Lipinski definition) is 2. The molecule has 1 amide bonds. The summed E-state index contributed by atoms with van der Waals surface area (Å²) in [6.45, 7) is 8.65. The Labute approximate surface area is 192 Å². The summed E-state index contributed by atoms with van der Waals surface area (Å²) in [7, 11) is 1.76. The number of nitrogens with zero attached hydrogens (tertiary/aromatic N) is 3. The summed E-state index contributed by atoms with van der Waals surface area (Å²) in [5.74, 6) is 0.637. The van der Waals surface area contributed by atoms with E-state index >= 15 is 0 Å². The van der Waals surface area contributed by atoms with Crippen LogP contribution in [0.2, 0.25) is 0 Å². The first-order valence-corrected chi connectivity index (χ1v) is 10.1. The van der Waals surface area contributed by atoms with Crippen LogP contribution in [-0.4, -0.2) is 67.5 Å². The highest BCUT2D eigenvalue weighted by molar-refractivity contribution is 14.0. The molecule has 1 aromatic rings. The molecule has 0 spiro atoms. The quantitative estimate of drug-likeness (QED) is 0.314. The van der Waals surface area contributed by atoms with Crippen molar-refractivity contribution in [2.24, 2.45) is 4.99 Å². The Kier molecular flexibility index (Phi) is 11.3. The van der Waals surface area contributed by atoms with E-state index in [2.05, 4.69) is 41.4 Å². The third-order valence-corrected chi connectivity index (χ3v) is 5.00. The molecule has 0 bridgehead atoms. The smallest absolute Gasteiger partial charge is 0.221 e. The molecule has 0 atom stereocenters. The number of benzene rings is 1. The molecule has 0 saturated carbocycles. The summed E-state index contributed by atoms with van der Waals surface area (Å²) >= 11 is 3.19. The van der Waals surface area contributed by atoms with Crippen molar-refractivity contribution in [3.8, 4) is 0 Å². The maximum Gasteiger partial charge on any atom is 0.221 e. The first kappa shape index (κ1) is 25.1. The Morgan fingerprint density at radius 3 is 2.54 bits per heavy atom. The van der Waals surface area contributed by atoms with Gasteiger partial charge in [-0.15, -0.1) is 24.0 Å². The summed E-state index contributed by atoms with van der Waals surface area (Å²) in [5.41, 5.74) is 0.975. The number of hydrogen-bond acceptors (Lipinski definition) is 3. The highest BCUT2D eigenvalue weighted by atomic mass is 127. The maximum atomic E-state index is 13.7. The van der Waals surface area contributed by atoms with Crippen LogP contribution in [0.25, 0.3) is 0 Å². The van der Waals surface area contributed by atoms with Gasteiger partial charge >= 0.3 is 0 Å². The van der Waals surface area contributed by atoms with Crippen LogP contribution in [0.15, 0.2) is 27.7 Å². The zero-order valence-electron chi connectivity index (χ0n) is 16.7. The molecule has 1 heterocycles. The maximum absolute atomic E-state index is 13.7. The Bertz CT molecular complexity index is 666. The second-order valence-corrected chi connectivity index (χ2v) is 7.81. The number of piperazine rings is 1. The van der Waals surface area contributed by atoms with Crippen molar-refractivity contribution < 1.29 is 9.18 Å². The molecule has 1 fully saturated rings. The highest BCUT2D eigenvalue weighted by Gasteiger charge is 2.20. The Hall–Kier alpha value is -0.940. The molecule has 0 radical (unpaired) electrons. The summed E-state index contributed by atoms with van der Waals surface area (Å²) in [6, 6.07) is 5.44. The van der Waals surface area contributed by atoms with Crippen molar-refractivity contribution in [2.75, 3.05) is 39.8 Å². The second-order valence-electron chi connectivity index (χ2n) is 6.96. The molecule has 28 heavy (non-hydrogen) atoms. The van der Waals surface area contributed by atoms with E-state index in [1.54, 1.807) is 19.2 Å². The van der Waals surface area contributed by atoms with Crippen LogP contribution >= 0.6 is 39.9 Å². The van der Waals surface area contributed by atoms with Crippen LogP contribution in [-0.2, 0) is 11.3 Å². The fourth-order valence-corrected chi connectivity index (χ4v) is 3.27. The van der Waals surface area contributed by atoms with E-state index in [0.717, 1.165) is 44.2 Å². The number of aliphatic imine (C=N–C) groups is 1. The van der Waals surface area contributed by atoms with Gasteiger partial charge in [-0.05, 0) is 47.5 Å². The minimum absolute atomic E-state index is 0. The molecule has 2 N–H and O–H groups in total. The lowest BCUT2D eigenvalue weighted by atomic mass is 10.2. The SMILES string of the molecule is CN=C(NCCC(=O)NC(C)C)N1CCN(Cc2ccc(Br)c(F)c2)CC1.I. The lowest BCUT2D eigenvalue weighted by molar-refractivity contribution is -0.121. The number of carbonyl (C=O) groups excluding carboxylic acids is 1. The van der Waals surface area contributed by atoms with Gasteiger partial charge < -0.3 is 15.5 Å². The lowest BCUT2D eigenvalue weighted by Crippen LogP contribution is -2.52. The van der Waals surface area contributed by atoms with Crippen LogP contribution in [0.1, 0.15) is 25.8 Å². The van der Waals surface area contributed by atoms with Gasteiger partial charge in [0.05, 0.1) is 4.47 Å². The van der Waals surface area contributed by atoms with E-state index in [0.29, 0.717) is 17.4 Å². The molecule has 6 nitrogen and oxygen atoms in total. The van der Waals surface area contributed by atoms with Crippen LogP contribution in [0.5, 0.6) is 0 Å². The number of halogens is 3. The average molecular weight is 570 g/mol. The third-order valence-electron chi connectivity index (χ3n) is 4.36. The molecule has 0 unspecified atom stereocenters. The van der Waals surface area contributed by atoms with Gasteiger partial charge in [0.1, 0.15) is 5.82 Å². The van der Waals surface area contributed by atoms with Crippen molar-refractivity contribution in [1.29, 1.82) is 0 Å². The number of rotatable bonds is 6. The fourth-order valence-electron chi connectivity index (χ4n) is 3.03. The van der Waals surface area contributed by atoms with Gasteiger partial charge in [0, 0.05) is 58.8 Å². The highest BCUT2D eigenvalue weighted by Crippen LogP contribution is 2.18. The summed E-state index contributed by atoms with van der Waals surface area (Å²) in [4.78, 5) is 20.5. The first-order valence-electron chi connectivity index (χ1n) is 9.30. The Morgan fingerprint density at radius 1 is 1.29 bits per heavy atom. The van der Waals surface area contributed by atoms with Gasteiger partial charge in [-0.1, -0.05) is 6.07 Å². The molecular formula is C19H30BrFIN5O. The molecule has 0 aromatic heterocycles. The van der Waals surface area contributed by atoms with Crippen molar-refractivity contribution in [2.45, 2.75) is 32.9 Å². The second kappa shape index (κ2) is 12.6. The van der Waals surface area contributed by atoms with E-state index in [1.807, 2.05) is 19.9 Å². The fraction of sp³-hybridized carbons (Fsp3) is 0.579. The molecule has 2 rings (SSSR count). The van der Waals surface area contributed by atoms with Gasteiger partial charge in [0.15, 0.2) is 5.96 Å². The molecule has 1 saturated heterocycles. The molecule has 9 heteroatoms. The zero-order valence-corrected chi connectivity index (χ0v) is 20.6. The van der Waals surface area contributed by atoms with Crippen molar-refractivity contribution in [3.63, 3.8) is 0 Å². The Balaban J connectivity index is 0.00000392. The van der Waals surface area contributed by atoms with E-state index < -0.39 is 0 Å². The normalized spacial score (nSPS) is 15.4. The van der Waals surface area contributed by atoms with Crippen molar-refractivity contribution >= 4 is 51.8 Å². The minimum atomic E-state index is -0.225. The van der Waals surface area contributed by atoms with Crippen LogP contribution in [0, 0.1) is 5.82 Å². The van der Waals surface area contributed by atoms with Gasteiger partial charge in [0.2, 0.25) is 5.91 Å². The zero-order chi connectivity index (χ0) is 19.8. The van der Waals surface area contributed by atoms with Gasteiger partial charge in [0.25, 0.3) is 0 Å². The van der Waals surface area contributed by atoms with Crippen molar-refractivity contribution in [1.82, 2.24) is 20.4 Å².